The van der Waals surface area contributed by atoms with Crippen molar-refractivity contribution in [2.75, 3.05) is 39.7 Å². The first-order valence-electron chi connectivity index (χ1n) is 13.3. The van der Waals surface area contributed by atoms with Crippen LogP contribution < -0.4 is 9.46 Å². The first-order chi connectivity index (χ1) is 18.3. The molecule has 0 bridgehead atoms. The molecule has 1 amide bonds. The fourth-order valence-electron chi connectivity index (χ4n) is 4.71. The fourth-order valence-corrected chi connectivity index (χ4v) is 5.55. The molecule has 1 atom stereocenters. The molecular formula is C29H39Cl2FN2O3S. The van der Waals surface area contributed by atoms with Crippen LogP contribution in [0.3, 0.4) is 0 Å². The number of carbonyl (C=O) groups is 1. The number of nitrogens with zero attached hydrogens (tertiary/aromatic N) is 1. The van der Waals surface area contributed by atoms with Crippen molar-refractivity contribution >= 4 is 41.1 Å². The van der Waals surface area contributed by atoms with Gasteiger partial charge in [-0.3, -0.25) is 14.4 Å². The molecule has 1 N–H and O–H groups in total. The number of methoxy groups -OCH3 is 1. The van der Waals surface area contributed by atoms with Crippen LogP contribution in [-0.4, -0.2) is 50.5 Å². The lowest BCUT2D eigenvalue weighted by Crippen LogP contribution is -2.39. The summed E-state index contributed by atoms with van der Waals surface area (Å²) in [5, 5.41) is 1.24. The molecule has 1 aliphatic heterocycles. The van der Waals surface area contributed by atoms with Crippen molar-refractivity contribution in [2.45, 2.75) is 57.9 Å². The van der Waals surface area contributed by atoms with Gasteiger partial charge >= 0.3 is 0 Å². The van der Waals surface area contributed by atoms with E-state index in [9.17, 15) is 9.18 Å². The summed E-state index contributed by atoms with van der Waals surface area (Å²) in [6.45, 7) is 7.12. The zero-order valence-electron chi connectivity index (χ0n) is 22.7. The van der Waals surface area contributed by atoms with Crippen LogP contribution in [0.5, 0.6) is 5.75 Å². The molecule has 0 aromatic heterocycles. The lowest BCUT2D eigenvalue weighted by Gasteiger charge is -2.37. The molecule has 1 aliphatic carbocycles. The van der Waals surface area contributed by atoms with Gasteiger partial charge in [-0.1, -0.05) is 55.4 Å². The van der Waals surface area contributed by atoms with E-state index in [4.69, 9.17) is 32.7 Å². The van der Waals surface area contributed by atoms with Crippen LogP contribution in [0.15, 0.2) is 30.3 Å². The van der Waals surface area contributed by atoms with E-state index in [1.54, 1.807) is 25.5 Å². The van der Waals surface area contributed by atoms with Crippen LogP contribution in [0.25, 0.3) is 0 Å². The lowest BCUT2D eigenvalue weighted by molar-refractivity contribution is 0.0556. The molecule has 5 nitrogen and oxygen atoms in total. The Kier molecular flexibility index (Phi) is 12.5. The van der Waals surface area contributed by atoms with Gasteiger partial charge in [0, 0.05) is 29.5 Å². The van der Waals surface area contributed by atoms with E-state index in [-0.39, 0.29) is 11.6 Å². The summed E-state index contributed by atoms with van der Waals surface area (Å²) in [7, 11) is 1.70. The first-order valence-corrected chi connectivity index (χ1v) is 15.3. The van der Waals surface area contributed by atoms with Crippen LogP contribution in [0.4, 0.5) is 4.39 Å². The van der Waals surface area contributed by atoms with Crippen molar-refractivity contribution in [3.05, 3.63) is 62.9 Å². The third-order valence-corrected chi connectivity index (χ3v) is 7.54. The van der Waals surface area contributed by atoms with Crippen LogP contribution in [0, 0.1) is 11.7 Å². The maximum atomic E-state index is 14.7. The Morgan fingerprint density at radius 3 is 2.29 bits per heavy atom. The molecule has 2 aromatic rings. The van der Waals surface area contributed by atoms with Gasteiger partial charge in [0.1, 0.15) is 11.6 Å². The van der Waals surface area contributed by atoms with E-state index in [0.29, 0.717) is 40.8 Å². The Balaban J connectivity index is 0.00000127. The van der Waals surface area contributed by atoms with E-state index in [1.165, 1.54) is 12.5 Å². The number of rotatable bonds is 10. The van der Waals surface area contributed by atoms with Crippen LogP contribution in [-0.2, 0) is 4.74 Å². The molecule has 210 valence electrons. The van der Waals surface area contributed by atoms with Crippen molar-refractivity contribution in [1.82, 2.24) is 9.62 Å². The first kappa shape index (κ1) is 31.0. The molecule has 1 unspecified atom stereocenters. The minimum atomic E-state index is -0.548. The molecule has 38 heavy (non-hydrogen) atoms. The average molecular weight is 586 g/mol. The quantitative estimate of drug-likeness (QED) is 0.287. The van der Waals surface area contributed by atoms with Gasteiger partial charge in [0.25, 0.3) is 5.91 Å². The summed E-state index contributed by atoms with van der Waals surface area (Å²) >= 11 is 13.6. The van der Waals surface area contributed by atoms with Gasteiger partial charge in [-0.05, 0) is 86.0 Å². The van der Waals surface area contributed by atoms with Crippen molar-refractivity contribution in [3.63, 3.8) is 0 Å². The third-order valence-electron chi connectivity index (χ3n) is 6.71. The van der Waals surface area contributed by atoms with Gasteiger partial charge in [0.2, 0.25) is 0 Å². The highest BCUT2D eigenvalue weighted by Crippen LogP contribution is 2.45. The summed E-state index contributed by atoms with van der Waals surface area (Å²) in [6.07, 6.45) is 6.99. The van der Waals surface area contributed by atoms with Crippen molar-refractivity contribution in [1.29, 1.82) is 0 Å². The molecule has 1 saturated heterocycles. The molecule has 0 spiro atoms. The summed E-state index contributed by atoms with van der Waals surface area (Å²) < 4.78 is 29.0. The predicted molar refractivity (Wildman–Crippen MR) is 156 cm³/mol. The lowest BCUT2D eigenvalue weighted by atomic mass is 9.95. The number of nitrogens with one attached hydrogen (secondary N) is 1. The maximum absolute atomic E-state index is 14.7. The van der Waals surface area contributed by atoms with Gasteiger partial charge < -0.3 is 9.47 Å². The minimum absolute atomic E-state index is 0.0761. The van der Waals surface area contributed by atoms with E-state index in [2.05, 4.69) is 23.5 Å². The van der Waals surface area contributed by atoms with Gasteiger partial charge in [0.05, 0.1) is 24.8 Å². The summed E-state index contributed by atoms with van der Waals surface area (Å²) in [6, 6.07) is 8.76. The molecule has 9 heteroatoms. The smallest absolute Gasteiger partial charge is 0.264 e. The minimum Gasteiger partial charge on any atom is -0.493 e. The Bertz CT molecular complexity index is 1040. The SMILES string of the molecule is CCC.COCC(c1cc(Cl)cc(Cl)c1)N1CCC(COc2cc(F)c(C(=O)NSC)cc2C2CC2)CC1. The van der Waals surface area contributed by atoms with Crippen LogP contribution in [0.1, 0.15) is 79.4 Å². The van der Waals surface area contributed by atoms with E-state index in [1.807, 2.05) is 12.1 Å². The molecule has 4 rings (SSSR count). The molecular weight excluding hydrogens is 546 g/mol. The van der Waals surface area contributed by atoms with Crippen LogP contribution >= 0.6 is 35.1 Å². The number of benzene rings is 2. The third kappa shape index (κ3) is 8.75. The molecule has 2 fully saturated rings. The van der Waals surface area contributed by atoms with Crippen molar-refractivity contribution in [2.24, 2.45) is 5.92 Å². The normalized spacial score (nSPS) is 16.9. The van der Waals surface area contributed by atoms with Gasteiger partial charge in [-0.25, -0.2) is 4.39 Å². The maximum Gasteiger partial charge on any atom is 0.264 e. The van der Waals surface area contributed by atoms with E-state index in [0.717, 1.165) is 61.8 Å². The number of likely N-dealkylation sites (tertiary alicyclic amines) is 1. The number of hydrogen-bond acceptors (Lipinski definition) is 5. The molecule has 2 aliphatic rings. The van der Waals surface area contributed by atoms with Gasteiger partial charge in [0.15, 0.2) is 0 Å². The Hall–Kier alpha value is -1.51. The highest BCUT2D eigenvalue weighted by molar-refractivity contribution is 7.97. The number of carbonyl (C=O) groups excluding carboxylic acids is 1. The van der Waals surface area contributed by atoms with Gasteiger partial charge in [-0.15, -0.1) is 0 Å². The fraction of sp³-hybridized carbons (Fsp3) is 0.552. The number of ether oxygens (including phenoxy) is 2. The molecule has 0 radical (unpaired) electrons. The summed E-state index contributed by atoms with van der Waals surface area (Å²) in [5.41, 5.74) is 2.06. The second-order valence-electron chi connectivity index (χ2n) is 9.95. The number of amides is 1. The van der Waals surface area contributed by atoms with E-state index < -0.39 is 11.7 Å². The molecule has 1 saturated carbocycles. The van der Waals surface area contributed by atoms with Crippen molar-refractivity contribution < 1.29 is 18.7 Å². The molecule has 1 heterocycles. The van der Waals surface area contributed by atoms with Crippen molar-refractivity contribution in [3.8, 4) is 5.75 Å². The monoisotopic (exact) mass is 584 g/mol. The predicted octanol–water partition coefficient (Wildman–Crippen LogP) is 7.91. The summed E-state index contributed by atoms with van der Waals surface area (Å²) in [4.78, 5) is 14.6. The topological polar surface area (TPSA) is 50.8 Å². The zero-order valence-corrected chi connectivity index (χ0v) is 25.0. The Morgan fingerprint density at radius 1 is 1.11 bits per heavy atom. The number of halogens is 3. The average Bonchev–Trinajstić information content (AvgIpc) is 3.72. The van der Waals surface area contributed by atoms with Crippen LogP contribution in [0.2, 0.25) is 10.0 Å². The second-order valence-corrected chi connectivity index (χ2v) is 11.4. The van der Waals surface area contributed by atoms with Gasteiger partial charge in [-0.2, -0.15) is 0 Å². The number of piperidine rings is 1. The molecule has 2 aromatic carbocycles. The summed E-state index contributed by atoms with van der Waals surface area (Å²) in [5.74, 6) is 0.314. The standard InChI is InChI=1S/C26H31Cl2FN2O3S.C3H8/c1-33-15-24(18-9-19(27)11-20(28)10-18)31-7-5-16(6-8-31)14-34-25-13-23(29)22(26(32)30-35-2)12-21(25)17-3-4-17;1-3-2/h9-13,16-17,24H,3-8,14-15H2,1-2H3,(H,30,32);3H2,1-2H3. The zero-order chi connectivity index (χ0) is 27.7. The van der Waals surface area contributed by atoms with E-state index >= 15 is 0 Å². The highest BCUT2D eigenvalue weighted by atomic mass is 35.5. The number of hydrogen-bond donors (Lipinski definition) is 1. The largest absolute Gasteiger partial charge is 0.493 e. The Labute approximate surface area is 240 Å². The highest BCUT2D eigenvalue weighted by Gasteiger charge is 2.31. The Morgan fingerprint density at radius 2 is 1.74 bits per heavy atom. The second kappa shape index (κ2) is 15.3.